The van der Waals surface area contributed by atoms with Gasteiger partial charge >= 0.3 is 5.97 Å². The third-order valence-electron chi connectivity index (χ3n) is 3.38. The zero-order chi connectivity index (χ0) is 17.6. The van der Waals surface area contributed by atoms with Gasteiger partial charge in [-0.1, -0.05) is 29.7 Å². The molecule has 3 rings (SSSR count). The molecule has 0 spiro atoms. The molecule has 1 atom stereocenters. The SMILES string of the molecule is [2H]c1c([2H])c([2H])c(C(C(=O)O)N2CCc3sccc3C2)c(Cl)c1[2H]. The summed E-state index contributed by atoms with van der Waals surface area (Å²) in [5.41, 5.74) is 0.975. The average molecular weight is 312 g/mol. The molecule has 1 aromatic heterocycles. The van der Waals surface area contributed by atoms with Gasteiger partial charge in [-0.25, -0.2) is 0 Å². The zero-order valence-electron chi connectivity index (χ0n) is 14.4. The molecule has 1 unspecified atom stereocenters. The molecule has 5 heteroatoms. The molecular formula is C15H14ClNO2S. The maximum Gasteiger partial charge on any atom is 0.325 e. The van der Waals surface area contributed by atoms with Gasteiger partial charge in [0, 0.05) is 23.0 Å². The molecule has 0 bridgehead atoms. The molecule has 3 nitrogen and oxygen atoms in total. The van der Waals surface area contributed by atoms with Crippen LogP contribution >= 0.6 is 22.9 Å². The summed E-state index contributed by atoms with van der Waals surface area (Å²) < 4.78 is 31.3. The van der Waals surface area contributed by atoms with Crippen molar-refractivity contribution in [1.82, 2.24) is 4.90 Å². The molecule has 2 heterocycles. The molecule has 0 saturated heterocycles. The van der Waals surface area contributed by atoms with E-state index in [0.29, 0.717) is 19.5 Å². The Morgan fingerprint density at radius 2 is 2.30 bits per heavy atom. The fourth-order valence-electron chi connectivity index (χ4n) is 2.45. The summed E-state index contributed by atoms with van der Waals surface area (Å²) in [5.74, 6) is -1.18. The fourth-order valence-corrected chi connectivity index (χ4v) is 3.54. The monoisotopic (exact) mass is 311 g/mol. The minimum atomic E-state index is -1.22. The van der Waals surface area contributed by atoms with Gasteiger partial charge in [0.15, 0.2) is 0 Å². The van der Waals surface area contributed by atoms with Crippen LogP contribution in [0, 0.1) is 0 Å². The first-order chi connectivity index (χ1) is 11.3. The molecule has 0 fully saturated rings. The highest BCUT2D eigenvalue weighted by atomic mass is 35.5. The lowest BCUT2D eigenvalue weighted by molar-refractivity contribution is -0.144. The number of aliphatic carboxylic acids is 1. The molecule has 0 aliphatic carbocycles. The summed E-state index contributed by atoms with van der Waals surface area (Å²) in [7, 11) is 0. The Labute approximate surface area is 132 Å². The van der Waals surface area contributed by atoms with Crippen LogP contribution in [-0.2, 0) is 17.8 Å². The summed E-state index contributed by atoms with van der Waals surface area (Å²) in [6.07, 6.45) is 0.708. The maximum absolute atomic E-state index is 11.9. The zero-order valence-corrected chi connectivity index (χ0v) is 12.0. The lowest BCUT2D eigenvalue weighted by atomic mass is 10.0. The van der Waals surface area contributed by atoms with Crippen molar-refractivity contribution in [2.75, 3.05) is 6.54 Å². The van der Waals surface area contributed by atoms with Gasteiger partial charge < -0.3 is 5.11 Å². The van der Waals surface area contributed by atoms with Crippen molar-refractivity contribution < 1.29 is 15.4 Å². The van der Waals surface area contributed by atoms with Crippen molar-refractivity contribution in [3.63, 3.8) is 0 Å². The number of nitrogens with zero attached hydrogens (tertiary/aromatic N) is 1. The molecule has 20 heavy (non-hydrogen) atoms. The smallest absolute Gasteiger partial charge is 0.325 e. The maximum atomic E-state index is 11.9. The summed E-state index contributed by atoms with van der Waals surface area (Å²) in [6, 6.07) is -1.01. The topological polar surface area (TPSA) is 40.5 Å². The number of carbonyl (C=O) groups is 1. The minimum absolute atomic E-state index is 0.0751. The third kappa shape index (κ3) is 2.46. The van der Waals surface area contributed by atoms with E-state index in [2.05, 4.69) is 0 Å². The number of thiophene rings is 1. The lowest BCUT2D eigenvalue weighted by Crippen LogP contribution is -2.37. The van der Waals surface area contributed by atoms with Crippen LogP contribution in [0.1, 0.15) is 27.5 Å². The number of carboxylic acid groups (broad SMARTS) is 1. The van der Waals surface area contributed by atoms with Gasteiger partial charge in [-0.3, -0.25) is 9.69 Å². The van der Waals surface area contributed by atoms with Crippen molar-refractivity contribution >= 4 is 28.9 Å². The van der Waals surface area contributed by atoms with Gasteiger partial charge in [-0.15, -0.1) is 11.3 Å². The van der Waals surface area contributed by atoms with Gasteiger partial charge in [0.2, 0.25) is 0 Å². The number of fused-ring (bicyclic) bond motifs is 1. The molecule has 2 aromatic rings. The van der Waals surface area contributed by atoms with Crippen LogP contribution in [0.2, 0.25) is 5.02 Å². The first kappa shape index (κ1) is 9.55. The fraction of sp³-hybridized carbons (Fsp3) is 0.267. The highest BCUT2D eigenvalue weighted by Crippen LogP contribution is 2.33. The Balaban J connectivity index is 2.10. The van der Waals surface area contributed by atoms with E-state index in [1.807, 2.05) is 11.4 Å². The highest BCUT2D eigenvalue weighted by molar-refractivity contribution is 7.10. The molecule has 1 aliphatic rings. The van der Waals surface area contributed by atoms with Crippen LogP contribution in [0.3, 0.4) is 0 Å². The van der Waals surface area contributed by atoms with Gasteiger partial charge in [-0.2, -0.15) is 0 Å². The molecule has 1 aliphatic heterocycles. The van der Waals surface area contributed by atoms with Crippen LogP contribution in [-0.4, -0.2) is 22.5 Å². The molecular weight excluding hydrogens is 294 g/mol. The predicted octanol–water partition coefficient (Wildman–Crippen LogP) is 3.59. The first-order valence-corrected chi connectivity index (χ1v) is 7.36. The molecule has 104 valence electrons. The molecule has 0 amide bonds. The highest BCUT2D eigenvalue weighted by Gasteiger charge is 2.31. The second kappa shape index (κ2) is 5.56. The second-order valence-electron chi connectivity index (χ2n) is 4.56. The van der Waals surface area contributed by atoms with Crippen LogP contribution in [0.4, 0.5) is 0 Å². The standard InChI is InChI=1S/C15H14ClNO2S/c16-12-4-2-1-3-11(12)14(15(18)19)17-7-5-13-10(9-17)6-8-20-13/h1-4,6,8,14H,5,7,9H2,(H,18,19)/i1D,2D,3D,4D. The Morgan fingerprint density at radius 3 is 3.10 bits per heavy atom. The van der Waals surface area contributed by atoms with Crippen molar-refractivity contribution in [3.05, 3.63) is 56.6 Å². The van der Waals surface area contributed by atoms with Crippen LogP contribution < -0.4 is 0 Å². The number of halogens is 1. The van der Waals surface area contributed by atoms with Crippen molar-refractivity contribution in [3.8, 4) is 0 Å². The quantitative estimate of drug-likeness (QED) is 0.942. The lowest BCUT2D eigenvalue weighted by Gasteiger charge is -2.32. The van der Waals surface area contributed by atoms with Crippen LogP contribution in [0.15, 0.2) is 35.6 Å². The summed E-state index contributed by atoms with van der Waals surface area (Å²) in [5, 5.41) is 11.5. The Kier molecular flexibility index (Phi) is 2.66. The number of hydrogen-bond donors (Lipinski definition) is 1. The molecule has 0 radical (unpaired) electrons. The van der Waals surface area contributed by atoms with E-state index in [1.165, 1.54) is 4.88 Å². The Hall–Kier alpha value is -1.36. The van der Waals surface area contributed by atoms with E-state index < -0.39 is 36.2 Å². The minimum Gasteiger partial charge on any atom is -0.480 e. The van der Waals surface area contributed by atoms with E-state index in [4.69, 9.17) is 17.1 Å². The second-order valence-corrected chi connectivity index (χ2v) is 5.94. The number of hydrogen-bond acceptors (Lipinski definition) is 3. The van der Waals surface area contributed by atoms with Gasteiger partial charge in [0.25, 0.3) is 0 Å². The van der Waals surface area contributed by atoms with Crippen molar-refractivity contribution in [1.29, 1.82) is 0 Å². The molecule has 1 aromatic carbocycles. The Morgan fingerprint density at radius 1 is 1.50 bits per heavy atom. The van der Waals surface area contributed by atoms with E-state index in [1.54, 1.807) is 16.2 Å². The summed E-state index contributed by atoms with van der Waals surface area (Å²) in [4.78, 5) is 14.8. The van der Waals surface area contributed by atoms with Crippen LogP contribution in [0.25, 0.3) is 0 Å². The third-order valence-corrected chi connectivity index (χ3v) is 4.70. The van der Waals surface area contributed by atoms with Crippen LogP contribution in [0.5, 0.6) is 0 Å². The summed E-state index contributed by atoms with van der Waals surface area (Å²) in [6.45, 7) is 0.901. The van der Waals surface area contributed by atoms with E-state index in [0.717, 1.165) is 5.56 Å². The van der Waals surface area contributed by atoms with E-state index in [9.17, 15) is 9.90 Å². The number of carboxylic acids is 1. The normalized spacial score (nSPS) is 19.4. The van der Waals surface area contributed by atoms with Gasteiger partial charge in [0.1, 0.15) is 6.04 Å². The van der Waals surface area contributed by atoms with Gasteiger partial charge in [0.05, 0.1) is 5.48 Å². The Bertz CT molecular complexity index is 797. The largest absolute Gasteiger partial charge is 0.480 e. The molecule has 1 N–H and O–H groups in total. The summed E-state index contributed by atoms with van der Waals surface area (Å²) >= 11 is 7.75. The first-order valence-electron chi connectivity index (χ1n) is 8.10. The average Bonchev–Trinajstić information content (AvgIpc) is 3.02. The number of benzene rings is 1. The van der Waals surface area contributed by atoms with E-state index >= 15 is 0 Å². The molecule has 0 saturated carbocycles. The van der Waals surface area contributed by atoms with Crippen molar-refractivity contribution in [2.24, 2.45) is 0 Å². The number of rotatable bonds is 3. The predicted molar refractivity (Wildman–Crippen MR) is 80.3 cm³/mol. The van der Waals surface area contributed by atoms with Crippen molar-refractivity contribution in [2.45, 2.75) is 19.0 Å². The van der Waals surface area contributed by atoms with E-state index in [-0.39, 0.29) is 10.6 Å². The van der Waals surface area contributed by atoms with Gasteiger partial charge in [-0.05, 0) is 35.0 Å².